The summed E-state index contributed by atoms with van der Waals surface area (Å²) >= 11 is 0.840. The fraction of sp³-hybridized carbons (Fsp3) is 0.667. The molecule has 12 heavy (non-hydrogen) atoms. The van der Waals surface area contributed by atoms with Crippen molar-refractivity contribution in [2.24, 2.45) is 5.73 Å². The van der Waals surface area contributed by atoms with Crippen LogP contribution in [0.25, 0.3) is 0 Å². The van der Waals surface area contributed by atoms with Crippen molar-refractivity contribution in [3.63, 3.8) is 0 Å². The first kappa shape index (κ1) is 18.7. The van der Waals surface area contributed by atoms with Crippen molar-refractivity contribution in [2.45, 2.75) is 0 Å². The van der Waals surface area contributed by atoms with Gasteiger partial charge in [-0.15, -0.1) is 12.4 Å². The zero-order valence-corrected chi connectivity index (χ0v) is 10.9. The first-order valence-electron chi connectivity index (χ1n) is 2.32. The van der Waals surface area contributed by atoms with Crippen LogP contribution in [0.2, 0.25) is 0 Å². The Hall–Kier alpha value is 1.02. The number of hydrogen-bond acceptors (Lipinski definition) is 5. The molecule has 0 unspecified atom stereocenters. The second kappa shape index (κ2) is 8.61. The second-order valence-electron chi connectivity index (χ2n) is 1.47. The summed E-state index contributed by atoms with van der Waals surface area (Å²) in [6.45, 7) is 0. The third kappa shape index (κ3) is 17.2. The van der Waals surface area contributed by atoms with Gasteiger partial charge in [-0.1, -0.05) is 11.8 Å². The summed E-state index contributed by atoms with van der Waals surface area (Å²) in [4.78, 5) is 0. The maximum Gasteiger partial charge on any atom is 1.00 e. The Bertz CT molecular complexity index is 220. The van der Waals surface area contributed by atoms with E-state index in [-0.39, 0.29) is 52.9 Å². The topological polar surface area (TPSA) is 107 Å². The van der Waals surface area contributed by atoms with E-state index in [4.69, 9.17) is 11.1 Å². The number of nitrogens with two attached hydrogens (primary N) is 1. The van der Waals surface area contributed by atoms with Crippen molar-refractivity contribution >= 4 is 39.5 Å². The molecule has 5 nitrogen and oxygen atoms in total. The minimum absolute atomic E-state index is 0. The predicted molar refractivity (Wildman–Crippen MR) is 46.2 cm³/mol. The van der Waals surface area contributed by atoms with Crippen LogP contribution in [-0.4, -0.2) is 29.6 Å². The molecule has 0 fully saturated rings. The molecule has 0 bridgehead atoms. The standard InChI is InChI=1S/C3H8N2O3S2.ClH.Na/c4-3(5)9-1-2-10(6,7)8;;/h1-2H2,(H3,4,5)(H,6,7,8);1H;/q;;+1/p-1. The Morgan fingerprint density at radius 2 is 2.00 bits per heavy atom. The van der Waals surface area contributed by atoms with Gasteiger partial charge < -0.3 is 10.3 Å². The molecule has 0 aliphatic heterocycles. The van der Waals surface area contributed by atoms with Crippen LogP contribution < -0.4 is 35.3 Å². The van der Waals surface area contributed by atoms with Crippen LogP contribution >= 0.6 is 24.2 Å². The molecular formula is C3H8ClN2NaO3S2. The molecule has 0 aromatic carbocycles. The van der Waals surface area contributed by atoms with Crippen LogP contribution in [0.3, 0.4) is 0 Å². The van der Waals surface area contributed by atoms with Gasteiger partial charge in [0.05, 0.1) is 10.1 Å². The summed E-state index contributed by atoms with van der Waals surface area (Å²) in [5, 5.41) is 6.47. The summed E-state index contributed by atoms with van der Waals surface area (Å²) in [7, 11) is -4.14. The van der Waals surface area contributed by atoms with Crippen molar-refractivity contribution in [3.8, 4) is 0 Å². The minimum atomic E-state index is -4.14. The number of hydrogen-bond donors (Lipinski definition) is 2. The number of amidine groups is 1. The zero-order chi connectivity index (χ0) is 8.20. The van der Waals surface area contributed by atoms with Gasteiger partial charge in [0.15, 0.2) is 5.17 Å². The van der Waals surface area contributed by atoms with Crippen molar-refractivity contribution < 1.29 is 42.5 Å². The van der Waals surface area contributed by atoms with Crippen LogP contribution in [0, 0.1) is 5.41 Å². The average Bonchev–Trinajstić information content (AvgIpc) is 1.59. The van der Waals surface area contributed by atoms with E-state index in [0.717, 1.165) is 11.8 Å². The Balaban J connectivity index is -0.000000405. The molecule has 0 heterocycles. The molecule has 0 aliphatic carbocycles. The average molecular weight is 243 g/mol. The van der Waals surface area contributed by atoms with Crippen LogP contribution in [0.4, 0.5) is 0 Å². The molecule has 0 rings (SSSR count). The summed E-state index contributed by atoms with van der Waals surface area (Å²) in [5.41, 5.74) is 4.87. The van der Waals surface area contributed by atoms with Gasteiger partial charge in [0.2, 0.25) is 0 Å². The Morgan fingerprint density at radius 3 is 2.25 bits per heavy atom. The van der Waals surface area contributed by atoms with Gasteiger partial charge in [0.25, 0.3) is 0 Å². The van der Waals surface area contributed by atoms with Gasteiger partial charge in [-0.05, 0) is 0 Å². The maximum atomic E-state index is 9.93. The Kier molecular flexibility index (Phi) is 13.4. The van der Waals surface area contributed by atoms with Crippen LogP contribution in [0.15, 0.2) is 0 Å². The van der Waals surface area contributed by atoms with Gasteiger partial charge in [0, 0.05) is 11.5 Å². The number of halogens is 1. The maximum absolute atomic E-state index is 9.93. The van der Waals surface area contributed by atoms with Gasteiger partial charge >= 0.3 is 29.6 Å². The molecule has 0 aromatic heterocycles. The van der Waals surface area contributed by atoms with E-state index in [0.29, 0.717) is 0 Å². The quantitative estimate of drug-likeness (QED) is 0.232. The molecule has 0 amide bonds. The van der Waals surface area contributed by atoms with Crippen LogP contribution in [0.1, 0.15) is 0 Å². The predicted octanol–water partition coefficient (Wildman–Crippen LogP) is -3.42. The molecule has 0 spiro atoms. The van der Waals surface area contributed by atoms with Gasteiger partial charge in [-0.3, -0.25) is 5.41 Å². The fourth-order valence-electron chi connectivity index (χ4n) is 0.254. The summed E-state index contributed by atoms with van der Waals surface area (Å²) in [5.74, 6) is -0.418. The Labute approximate surface area is 104 Å². The van der Waals surface area contributed by atoms with Crippen molar-refractivity contribution in [2.75, 3.05) is 11.5 Å². The molecule has 0 aromatic rings. The molecule has 0 atom stereocenters. The van der Waals surface area contributed by atoms with Crippen LogP contribution in [-0.2, 0) is 10.1 Å². The van der Waals surface area contributed by atoms with E-state index in [9.17, 15) is 13.0 Å². The first-order chi connectivity index (χ1) is 4.42. The van der Waals surface area contributed by atoms with Gasteiger partial charge in [-0.2, -0.15) is 0 Å². The number of rotatable bonds is 3. The molecule has 68 valence electrons. The number of thioether (sulfide) groups is 1. The molecule has 3 N–H and O–H groups in total. The molecule has 9 heteroatoms. The van der Waals surface area contributed by atoms with E-state index in [1.54, 1.807) is 0 Å². The normalized spacial score (nSPS) is 9.42. The zero-order valence-electron chi connectivity index (χ0n) is 6.44. The monoisotopic (exact) mass is 242 g/mol. The first-order valence-corrected chi connectivity index (χ1v) is 4.88. The summed E-state index contributed by atoms with van der Waals surface area (Å²) in [6.07, 6.45) is 0. The fourth-order valence-corrected chi connectivity index (χ4v) is 1.62. The largest absolute Gasteiger partial charge is 1.00 e. The molecule has 0 saturated carbocycles. The smallest absolute Gasteiger partial charge is 0.748 e. The molecule has 0 saturated heterocycles. The van der Waals surface area contributed by atoms with Gasteiger partial charge in [-0.25, -0.2) is 8.42 Å². The second-order valence-corrected chi connectivity index (χ2v) is 4.13. The van der Waals surface area contributed by atoms with Crippen LogP contribution in [0.5, 0.6) is 0 Å². The van der Waals surface area contributed by atoms with E-state index in [1.807, 2.05) is 0 Å². The van der Waals surface area contributed by atoms with E-state index in [2.05, 4.69) is 0 Å². The Morgan fingerprint density at radius 1 is 1.58 bits per heavy atom. The summed E-state index contributed by atoms with van der Waals surface area (Å²) < 4.78 is 29.8. The van der Waals surface area contributed by atoms with Crippen molar-refractivity contribution in [1.29, 1.82) is 5.41 Å². The van der Waals surface area contributed by atoms with E-state index < -0.39 is 15.9 Å². The minimum Gasteiger partial charge on any atom is -0.748 e. The molecule has 0 radical (unpaired) electrons. The summed E-state index contributed by atoms with van der Waals surface area (Å²) in [6, 6.07) is 0. The van der Waals surface area contributed by atoms with Gasteiger partial charge in [0.1, 0.15) is 0 Å². The van der Waals surface area contributed by atoms with E-state index >= 15 is 0 Å². The van der Waals surface area contributed by atoms with Crippen molar-refractivity contribution in [1.82, 2.24) is 0 Å². The third-order valence-corrected chi connectivity index (χ3v) is 2.27. The number of nitrogens with one attached hydrogen (secondary N) is 1. The third-order valence-electron chi connectivity index (χ3n) is 0.591. The van der Waals surface area contributed by atoms with Crippen molar-refractivity contribution in [3.05, 3.63) is 0 Å². The molecule has 0 aliphatic rings. The SMILES string of the molecule is Cl.N=C(N)SCCS(=O)(=O)[O-].[Na+]. The molecular weight excluding hydrogens is 235 g/mol. The van der Waals surface area contributed by atoms with E-state index in [1.165, 1.54) is 0 Å².